The third-order valence-electron chi connectivity index (χ3n) is 2.02. The number of hydrogen-bond donors (Lipinski definition) is 4. The number of H-pyrrole nitrogens is 1. The molecule has 14 heavy (non-hydrogen) atoms. The molecule has 76 valence electrons. The van der Waals surface area contributed by atoms with Gasteiger partial charge in [-0.15, -0.1) is 0 Å². The van der Waals surface area contributed by atoms with Gasteiger partial charge < -0.3 is 10.3 Å². The first-order chi connectivity index (χ1) is 6.88. The number of hydrogen-bond acceptors (Lipinski definition) is 3. The summed E-state index contributed by atoms with van der Waals surface area (Å²) in [5.41, 5.74) is 3.51. The zero-order valence-electron chi connectivity index (χ0n) is 7.83. The number of guanidine groups is 1. The first-order valence-electron chi connectivity index (χ1n) is 4.63. The van der Waals surface area contributed by atoms with Gasteiger partial charge in [0.25, 0.3) is 0 Å². The van der Waals surface area contributed by atoms with Crippen molar-refractivity contribution >= 4 is 5.96 Å². The van der Waals surface area contributed by atoms with Crippen molar-refractivity contribution in [1.82, 2.24) is 20.7 Å². The van der Waals surface area contributed by atoms with Crippen LogP contribution in [0.1, 0.15) is 18.5 Å². The maximum Gasteiger partial charge on any atom is 0.206 e. The molecule has 0 aromatic carbocycles. The van der Waals surface area contributed by atoms with E-state index in [-0.39, 0.29) is 0 Å². The van der Waals surface area contributed by atoms with E-state index in [2.05, 4.69) is 25.7 Å². The Bertz CT molecular complexity index is 300. The molecule has 0 bridgehead atoms. The highest BCUT2D eigenvalue weighted by molar-refractivity contribution is 5.79. The summed E-state index contributed by atoms with van der Waals surface area (Å²) in [5.74, 6) is 5.96. The predicted octanol–water partition coefficient (Wildman–Crippen LogP) is -0.519. The molecule has 1 aromatic rings. The SMILES string of the molecule is NNC(=NCc1cnc[nH]1)NC1CC1. The fraction of sp³-hybridized carbons (Fsp3) is 0.500. The van der Waals surface area contributed by atoms with E-state index in [0.717, 1.165) is 5.69 Å². The van der Waals surface area contributed by atoms with Crippen molar-refractivity contribution in [2.45, 2.75) is 25.4 Å². The lowest BCUT2D eigenvalue weighted by Crippen LogP contribution is -2.42. The fourth-order valence-corrected chi connectivity index (χ4v) is 1.09. The quantitative estimate of drug-likeness (QED) is 0.225. The van der Waals surface area contributed by atoms with Gasteiger partial charge in [0.15, 0.2) is 0 Å². The molecule has 1 aromatic heterocycles. The first-order valence-corrected chi connectivity index (χ1v) is 4.63. The molecular formula is C8H14N6. The van der Waals surface area contributed by atoms with Crippen molar-refractivity contribution in [3.8, 4) is 0 Å². The molecule has 0 saturated heterocycles. The number of nitrogens with zero attached hydrogens (tertiary/aromatic N) is 2. The Morgan fingerprint density at radius 1 is 1.71 bits per heavy atom. The molecule has 0 spiro atoms. The Labute approximate surface area is 82.0 Å². The van der Waals surface area contributed by atoms with E-state index < -0.39 is 0 Å². The molecule has 1 aliphatic carbocycles. The monoisotopic (exact) mass is 194 g/mol. The van der Waals surface area contributed by atoms with E-state index in [1.807, 2.05) is 0 Å². The minimum atomic E-state index is 0.548. The van der Waals surface area contributed by atoms with Gasteiger partial charge in [-0.2, -0.15) is 0 Å². The van der Waals surface area contributed by atoms with Crippen LogP contribution in [-0.4, -0.2) is 22.0 Å². The molecule has 0 amide bonds. The second kappa shape index (κ2) is 4.10. The van der Waals surface area contributed by atoms with Crippen molar-refractivity contribution in [2.75, 3.05) is 0 Å². The number of aromatic amines is 1. The summed E-state index contributed by atoms with van der Waals surface area (Å²) in [5, 5.41) is 3.18. The minimum Gasteiger partial charge on any atom is -0.353 e. The van der Waals surface area contributed by atoms with Crippen molar-refractivity contribution in [1.29, 1.82) is 0 Å². The van der Waals surface area contributed by atoms with Crippen LogP contribution < -0.4 is 16.6 Å². The molecule has 1 fully saturated rings. The highest BCUT2D eigenvalue weighted by Crippen LogP contribution is 2.18. The second-order valence-electron chi connectivity index (χ2n) is 3.30. The highest BCUT2D eigenvalue weighted by atomic mass is 15.3. The number of aliphatic imine (C=N–C) groups is 1. The van der Waals surface area contributed by atoms with Crippen LogP contribution in [0.25, 0.3) is 0 Å². The summed E-state index contributed by atoms with van der Waals surface area (Å²) in [6.45, 7) is 0.555. The summed E-state index contributed by atoms with van der Waals surface area (Å²) in [6, 6.07) is 0.548. The number of aromatic nitrogens is 2. The van der Waals surface area contributed by atoms with Gasteiger partial charge in [-0.3, -0.25) is 5.43 Å². The van der Waals surface area contributed by atoms with Crippen LogP contribution in [0.5, 0.6) is 0 Å². The molecule has 2 rings (SSSR count). The van der Waals surface area contributed by atoms with E-state index >= 15 is 0 Å². The van der Waals surface area contributed by atoms with Gasteiger partial charge >= 0.3 is 0 Å². The molecule has 6 heteroatoms. The molecule has 0 radical (unpaired) electrons. The molecule has 6 nitrogen and oxygen atoms in total. The topological polar surface area (TPSA) is 91.1 Å². The van der Waals surface area contributed by atoms with Crippen LogP contribution in [0, 0.1) is 0 Å². The lowest BCUT2D eigenvalue weighted by atomic mass is 10.5. The minimum absolute atomic E-state index is 0.548. The predicted molar refractivity (Wildman–Crippen MR) is 53.2 cm³/mol. The van der Waals surface area contributed by atoms with Crippen molar-refractivity contribution in [3.63, 3.8) is 0 Å². The van der Waals surface area contributed by atoms with Gasteiger partial charge in [-0.25, -0.2) is 15.8 Å². The number of nitrogens with one attached hydrogen (secondary N) is 3. The van der Waals surface area contributed by atoms with Crippen molar-refractivity contribution in [2.24, 2.45) is 10.8 Å². The van der Waals surface area contributed by atoms with E-state index in [0.29, 0.717) is 18.5 Å². The first kappa shape index (κ1) is 9.01. The maximum atomic E-state index is 5.32. The van der Waals surface area contributed by atoms with E-state index in [9.17, 15) is 0 Å². The maximum absolute atomic E-state index is 5.32. The van der Waals surface area contributed by atoms with Crippen LogP contribution in [-0.2, 0) is 6.54 Å². The van der Waals surface area contributed by atoms with Gasteiger partial charge in [-0.05, 0) is 12.8 Å². The lowest BCUT2D eigenvalue weighted by Gasteiger charge is -2.06. The molecule has 1 saturated carbocycles. The largest absolute Gasteiger partial charge is 0.353 e. The van der Waals surface area contributed by atoms with Gasteiger partial charge in [0.2, 0.25) is 5.96 Å². The summed E-state index contributed by atoms with van der Waals surface area (Å²) >= 11 is 0. The Balaban J connectivity index is 1.86. The van der Waals surface area contributed by atoms with Gasteiger partial charge in [0, 0.05) is 12.2 Å². The average Bonchev–Trinajstić information content (AvgIpc) is 2.86. The van der Waals surface area contributed by atoms with Crippen LogP contribution in [0.3, 0.4) is 0 Å². The summed E-state index contributed by atoms with van der Waals surface area (Å²) in [7, 11) is 0. The Hall–Kier alpha value is -1.56. The zero-order valence-corrected chi connectivity index (χ0v) is 7.83. The van der Waals surface area contributed by atoms with E-state index in [4.69, 9.17) is 5.84 Å². The second-order valence-corrected chi connectivity index (χ2v) is 3.30. The fourth-order valence-electron chi connectivity index (χ4n) is 1.09. The molecule has 1 aliphatic rings. The van der Waals surface area contributed by atoms with Gasteiger partial charge in [0.1, 0.15) is 0 Å². The summed E-state index contributed by atoms with van der Waals surface area (Å²) in [4.78, 5) is 11.1. The average molecular weight is 194 g/mol. The van der Waals surface area contributed by atoms with Crippen molar-refractivity contribution < 1.29 is 0 Å². The van der Waals surface area contributed by atoms with Crippen LogP contribution in [0.4, 0.5) is 0 Å². The van der Waals surface area contributed by atoms with Gasteiger partial charge in [0.05, 0.1) is 18.6 Å². The highest BCUT2D eigenvalue weighted by Gasteiger charge is 2.21. The van der Waals surface area contributed by atoms with Crippen LogP contribution >= 0.6 is 0 Å². The number of rotatable bonds is 3. The van der Waals surface area contributed by atoms with E-state index in [1.165, 1.54) is 12.8 Å². The van der Waals surface area contributed by atoms with Gasteiger partial charge in [-0.1, -0.05) is 0 Å². The van der Waals surface area contributed by atoms with Crippen LogP contribution in [0.2, 0.25) is 0 Å². The number of imidazole rings is 1. The standard InChI is InChI=1S/C8H14N6/c9-14-8(13-6-1-2-6)11-4-7-3-10-5-12-7/h3,5-6H,1-2,4,9H2,(H,10,12)(H2,11,13,14). The van der Waals surface area contributed by atoms with E-state index in [1.54, 1.807) is 12.5 Å². The third kappa shape index (κ3) is 2.46. The summed E-state index contributed by atoms with van der Waals surface area (Å²) < 4.78 is 0. The molecule has 1 heterocycles. The Kier molecular flexibility index (Phi) is 2.64. The zero-order chi connectivity index (χ0) is 9.80. The molecule has 0 unspecified atom stereocenters. The molecule has 0 atom stereocenters. The molecular weight excluding hydrogens is 180 g/mol. The smallest absolute Gasteiger partial charge is 0.206 e. The Morgan fingerprint density at radius 3 is 3.14 bits per heavy atom. The summed E-state index contributed by atoms with van der Waals surface area (Å²) in [6.07, 6.45) is 5.78. The lowest BCUT2D eigenvalue weighted by molar-refractivity contribution is 0.817. The molecule has 0 aliphatic heterocycles. The van der Waals surface area contributed by atoms with Crippen molar-refractivity contribution in [3.05, 3.63) is 18.2 Å². The van der Waals surface area contributed by atoms with Crippen LogP contribution in [0.15, 0.2) is 17.5 Å². The molecule has 5 N–H and O–H groups in total. The normalized spacial score (nSPS) is 16.8. The number of hydrazine groups is 1. The third-order valence-corrected chi connectivity index (χ3v) is 2.02. The number of nitrogens with two attached hydrogens (primary N) is 1. The Morgan fingerprint density at radius 2 is 2.57 bits per heavy atom.